The number of fused-ring (bicyclic) bond motifs is 3. The second kappa shape index (κ2) is 18.8. The highest BCUT2D eigenvalue weighted by atomic mass is 31.2. The molecule has 0 amide bonds. The molecule has 0 bridgehead atoms. The second-order valence-corrected chi connectivity index (χ2v) is 13.3. The molecule has 0 atom stereocenters. The van der Waals surface area contributed by atoms with Gasteiger partial charge < -0.3 is 33.7 Å². The summed E-state index contributed by atoms with van der Waals surface area (Å²) < 4.78 is 45.3. The van der Waals surface area contributed by atoms with E-state index in [9.17, 15) is 9.36 Å². The number of carbonyl (C=O) groups excluding carboxylic acids is 1. The maximum Gasteiger partial charge on any atom is 0.332 e. The van der Waals surface area contributed by atoms with Crippen molar-refractivity contribution in [1.82, 2.24) is 9.97 Å². The second-order valence-electron chi connectivity index (χ2n) is 11.1. The monoisotopic (exact) mass is 681 g/mol. The van der Waals surface area contributed by atoms with Crippen molar-refractivity contribution in [2.24, 2.45) is 0 Å². The van der Waals surface area contributed by atoms with Crippen LogP contribution in [0.3, 0.4) is 0 Å². The van der Waals surface area contributed by atoms with E-state index in [1.807, 2.05) is 49.5 Å². The zero-order chi connectivity index (χ0) is 34.4. The summed E-state index contributed by atoms with van der Waals surface area (Å²) in [6, 6.07) is 14.0. The zero-order valence-corrected chi connectivity index (χ0v) is 29.4. The van der Waals surface area contributed by atoms with Gasteiger partial charge in [0.2, 0.25) is 0 Å². The fourth-order valence-electron chi connectivity index (χ4n) is 5.58. The third kappa shape index (κ3) is 10.4. The van der Waals surface area contributed by atoms with Crippen molar-refractivity contribution >= 4 is 41.2 Å². The van der Waals surface area contributed by atoms with Gasteiger partial charge in [-0.15, -0.1) is 0 Å². The van der Waals surface area contributed by atoms with Gasteiger partial charge in [-0.3, -0.25) is 14.3 Å². The lowest BCUT2D eigenvalue weighted by atomic mass is 9.92. The van der Waals surface area contributed by atoms with Crippen LogP contribution < -0.4 is 10.5 Å². The van der Waals surface area contributed by atoms with Gasteiger partial charge >= 0.3 is 13.6 Å². The number of nitrogens with two attached hydrogens (primary N) is 1. The van der Waals surface area contributed by atoms with Crippen molar-refractivity contribution in [1.29, 1.82) is 0 Å². The van der Waals surface area contributed by atoms with E-state index in [1.165, 1.54) is 5.56 Å². The SMILES string of the molecule is CCOC(=O)CCc1c(CCc2ccc(OCCOCCOCCP(=O)(OCC)OCC)cc2C)cnc2c(N)nc3ccccc3c12. The topological polar surface area (TPSA) is 141 Å². The number of esters is 1. The maximum absolute atomic E-state index is 12.4. The van der Waals surface area contributed by atoms with Crippen LogP contribution in [-0.4, -0.2) is 75.0 Å². The van der Waals surface area contributed by atoms with E-state index in [0.717, 1.165) is 51.6 Å². The van der Waals surface area contributed by atoms with Gasteiger partial charge in [0, 0.05) is 23.4 Å². The largest absolute Gasteiger partial charge is 0.491 e. The molecule has 11 nitrogen and oxygen atoms in total. The Morgan fingerprint density at radius 1 is 0.854 bits per heavy atom. The minimum atomic E-state index is -3.09. The molecule has 48 heavy (non-hydrogen) atoms. The Bertz CT molecular complexity index is 1690. The minimum absolute atomic E-state index is 0.215. The number of anilines is 1. The summed E-state index contributed by atoms with van der Waals surface area (Å²) in [6.07, 6.45) is 4.40. The maximum atomic E-state index is 12.4. The van der Waals surface area contributed by atoms with Crippen molar-refractivity contribution in [2.75, 3.05) is 64.8 Å². The fourth-order valence-corrected chi connectivity index (χ4v) is 7.06. The van der Waals surface area contributed by atoms with Crippen LogP contribution in [0.4, 0.5) is 5.82 Å². The highest BCUT2D eigenvalue weighted by molar-refractivity contribution is 7.53. The number of nitrogen functional groups attached to an aromatic ring is 1. The molecule has 2 N–H and O–H groups in total. The first-order chi connectivity index (χ1) is 23.3. The molecular formula is C36H48N3O8P. The van der Waals surface area contributed by atoms with Crippen LogP contribution in [0.5, 0.6) is 5.75 Å². The third-order valence-electron chi connectivity index (χ3n) is 7.82. The highest BCUT2D eigenvalue weighted by Crippen LogP contribution is 2.47. The standard InChI is InChI=1S/C36H48N3O8P/c1-5-44-33(40)17-16-30-28(25-38-35-34(30)31-10-8-9-11-32(31)39-36(35)37)13-12-27-14-15-29(24-26(27)4)45-21-20-42-18-19-43-22-23-48(41,46-6-2)47-7-3/h8-11,14-15,24-25H,5-7,12-13,16-23H2,1-4H3,(H2,37,39). The number of hydrogen-bond acceptors (Lipinski definition) is 11. The molecule has 0 aliphatic carbocycles. The number of carbonyl (C=O) groups is 1. The Kier molecular flexibility index (Phi) is 14.6. The minimum Gasteiger partial charge on any atom is -0.491 e. The summed E-state index contributed by atoms with van der Waals surface area (Å²) in [5, 5.41) is 1.92. The molecule has 2 aromatic carbocycles. The molecule has 2 heterocycles. The molecule has 0 spiro atoms. The number of aryl methyl sites for hydroxylation is 4. The Hall–Kier alpha value is -3.60. The molecule has 260 valence electrons. The number of nitrogens with zero attached hydrogens (tertiary/aromatic N) is 2. The van der Waals surface area contributed by atoms with Crippen molar-refractivity contribution in [2.45, 2.75) is 53.4 Å². The first-order valence-corrected chi connectivity index (χ1v) is 18.4. The Morgan fingerprint density at radius 2 is 1.56 bits per heavy atom. The average molecular weight is 682 g/mol. The summed E-state index contributed by atoms with van der Waals surface area (Å²) >= 11 is 0. The number of aromatic nitrogens is 2. The number of para-hydroxylation sites is 1. The summed E-state index contributed by atoms with van der Waals surface area (Å²) in [4.78, 5) is 21.7. The van der Waals surface area contributed by atoms with Crippen molar-refractivity contribution in [3.05, 3.63) is 70.9 Å². The van der Waals surface area contributed by atoms with Crippen molar-refractivity contribution in [3.63, 3.8) is 0 Å². The fraction of sp³-hybridized carbons (Fsp3) is 0.472. The van der Waals surface area contributed by atoms with E-state index in [0.29, 0.717) is 64.0 Å². The van der Waals surface area contributed by atoms with Crippen LogP contribution in [0.2, 0.25) is 0 Å². The van der Waals surface area contributed by atoms with Gasteiger partial charge in [0.05, 0.1) is 57.9 Å². The molecule has 0 saturated carbocycles. The van der Waals surface area contributed by atoms with Crippen LogP contribution in [0.1, 0.15) is 49.4 Å². The predicted molar refractivity (Wildman–Crippen MR) is 188 cm³/mol. The predicted octanol–water partition coefficient (Wildman–Crippen LogP) is 6.63. The van der Waals surface area contributed by atoms with Crippen LogP contribution in [0.25, 0.3) is 21.8 Å². The number of benzene rings is 2. The molecule has 0 unspecified atom stereocenters. The lowest BCUT2D eigenvalue weighted by Crippen LogP contribution is -2.13. The molecule has 12 heteroatoms. The van der Waals surface area contributed by atoms with Crippen LogP contribution in [0, 0.1) is 6.92 Å². The molecule has 0 radical (unpaired) electrons. The summed E-state index contributed by atoms with van der Waals surface area (Å²) in [5.74, 6) is 0.922. The lowest BCUT2D eigenvalue weighted by molar-refractivity contribution is -0.143. The number of hydrogen-bond donors (Lipinski definition) is 1. The Labute approximate surface area is 283 Å². The van der Waals surface area contributed by atoms with Crippen LogP contribution >= 0.6 is 7.60 Å². The average Bonchev–Trinajstić information content (AvgIpc) is 3.06. The molecule has 4 rings (SSSR count). The summed E-state index contributed by atoms with van der Waals surface area (Å²) in [7, 11) is -3.09. The van der Waals surface area contributed by atoms with Gasteiger partial charge in [-0.2, -0.15) is 0 Å². The zero-order valence-electron chi connectivity index (χ0n) is 28.5. The molecule has 0 saturated heterocycles. The van der Waals surface area contributed by atoms with Gasteiger partial charge in [-0.25, -0.2) is 4.98 Å². The number of rotatable bonds is 21. The van der Waals surface area contributed by atoms with E-state index < -0.39 is 7.60 Å². The highest BCUT2D eigenvalue weighted by Gasteiger charge is 2.23. The summed E-state index contributed by atoms with van der Waals surface area (Å²) in [6.45, 7) is 10.3. The molecule has 0 fully saturated rings. The van der Waals surface area contributed by atoms with E-state index in [2.05, 4.69) is 18.0 Å². The smallest absolute Gasteiger partial charge is 0.332 e. The van der Waals surface area contributed by atoms with Crippen LogP contribution in [-0.2, 0) is 51.9 Å². The lowest BCUT2D eigenvalue weighted by Gasteiger charge is -2.16. The van der Waals surface area contributed by atoms with Crippen LogP contribution in [0.15, 0.2) is 48.7 Å². The number of pyridine rings is 2. The molecule has 2 aromatic heterocycles. The van der Waals surface area contributed by atoms with E-state index in [4.69, 9.17) is 38.7 Å². The normalized spacial score (nSPS) is 11.8. The molecule has 4 aromatic rings. The quantitative estimate of drug-likeness (QED) is 0.0438. The van der Waals surface area contributed by atoms with Gasteiger partial charge in [0.1, 0.15) is 17.9 Å². The van der Waals surface area contributed by atoms with E-state index in [-0.39, 0.29) is 25.2 Å². The Balaban J connectivity index is 1.32. The van der Waals surface area contributed by atoms with Gasteiger partial charge in [-0.1, -0.05) is 24.3 Å². The first-order valence-electron chi connectivity index (χ1n) is 16.6. The van der Waals surface area contributed by atoms with E-state index >= 15 is 0 Å². The van der Waals surface area contributed by atoms with Gasteiger partial charge in [-0.05, 0) is 87.4 Å². The summed E-state index contributed by atoms with van der Waals surface area (Å²) in [5.41, 5.74) is 12.2. The van der Waals surface area contributed by atoms with Crippen molar-refractivity contribution < 1.29 is 37.4 Å². The third-order valence-corrected chi connectivity index (χ3v) is 9.86. The number of ether oxygens (including phenoxy) is 4. The first kappa shape index (κ1) is 37.2. The van der Waals surface area contributed by atoms with Gasteiger partial charge in [0.25, 0.3) is 0 Å². The molecule has 0 aliphatic heterocycles. The van der Waals surface area contributed by atoms with Crippen molar-refractivity contribution in [3.8, 4) is 5.75 Å². The molecule has 0 aliphatic rings. The van der Waals surface area contributed by atoms with Gasteiger partial charge in [0.15, 0.2) is 5.82 Å². The van der Waals surface area contributed by atoms with E-state index in [1.54, 1.807) is 13.8 Å². The Morgan fingerprint density at radius 3 is 2.29 bits per heavy atom. The molecular weight excluding hydrogens is 633 g/mol.